The predicted molar refractivity (Wildman–Crippen MR) is 77.4 cm³/mol. The Kier molecular flexibility index (Phi) is 4.34. The molecule has 1 unspecified atom stereocenters. The quantitative estimate of drug-likeness (QED) is 0.605. The molecule has 1 aromatic heterocycles. The molecule has 1 aliphatic carbocycles. The Morgan fingerprint density at radius 1 is 1.33 bits per heavy atom. The van der Waals surface area contributed by atoms with Crippen LogP contribution in [0.2, 0.25) is 0 Å². The lowest BCUT2D eigenvalue weighted by Crippen LogP contribution is -2.43. The van der Waals surface area contributed by atoms with Crippen LogP contribution in [0.1, 0.15) is 44.3 Å². The zero-order valence-electron chi connectivity index (χ0n) is 12.2. The molecule has 2 heterocycles. The standard InChI is InChI=1S/C15H22N4O2/c20-14-10-12(15(21)19(14)11-4-1-2-5-11)16-7-3-6-13-17-8-9-18-13/h8-9,11-12,16H,1-7,10H2,(H,17,18). The van der Waals surface area contributed by atoms with E-state index in [4.69, 9.17) is 0 Å². The minimum Gasteiger partial charge on any atom is -0.349 e. The van der Waals surface area contributed by atoms with Crippen molar-refractivity contribution in [2.75, 3.05) is 6.54 Å². The zero-order valence-corrected chi connectivity index (χ0v) is 12.2. The van der Waals surface area contributed by atoms with Gasteiger partial charge in [-0.3, -0.25) is 14.5 Å². The highest BCUT2D eigenvalue weighted by Crippen LogP contribution is 2.28. The molecule has 114 valence electrons. The van der Waals surface area contributed by atoms with Crippen LogP contribution < -0.4 is 5.32 Å². The Morgan fingerprint density at radius 2 is 2.14 bits per heavy atom. The third-order valence-electron chi connectivity index (χ3n) is 4.41. The Labute approximate surface area is 124 Å². The first-order valence-corrected chi connectivity index (χ1v) is 7.83. The van der Waals surface area contributed by atoms with Gasteiger partial charge in [-0.15, -0.1) is 0 Å². The van der Waals surface area contributed by atoms with Gasteiger partial charge in [0, 0.05) is 24.9 Å². The lowest BCUT2D eigenvalue weighted by Gasteiger charge is -2.22. The Bertz CT molecular complexity index is 494. The van der Waals surface area contributed by atoms with E-state index in [1.54, 1.807) is 12.4 Å². The largest absolute Gasteiger partial charge is 0.349 e. The van der Waals surface area contributed by atoms with Crippen LogP contribution in [0.3, 0.4) is 0 Å². The van der Waals surface area contributed by atoms with E-state index in [1.807, 2.05) is 0 Å². The van der Waals surface area contributed by atoms with Crippen LogP contribution in [0, 0.1) is 0 Å². The normalized spacial score (nSPS) is 23.4. The number of carbonyl (C=O) groups excluding carboxylic acids is 2. The van der Waals surface area contributed by atoms with Gasteiger partial charge in [-0.2, -0.15) is 0 Å². The topological polar surface area (TPSA) is 78.1 Å². The van der Waals surface area contributed by atoms with Gasteiger partial charge in [0.2, 0.25) is 11.8 Å². The van der Waals surface area contributed by atoms with Gasteiger partial charge in [-0.1, -0.05) is 12.8 Å². The molecule has 2 fully saturated rings. The molecule has 0 spiro atoms. The molecule has 2 aliphatic rings. The number of nitrogens with one attached hydrogen (secondary N) is 2. The van der Waals surface area contributed by atoms with E-state index in [2.05, 4.69) is 15.3 Å². The molecule has 1 atom stereocenters. The molecule has 1 aliphatic heterocycles. The summed E-state index contributed by atoms with van der Waals surface area (Å²) in [6.07, 6.45) is 9.81. The van der Waals surface area contributed by atoms with Crippen molar-refractivity contribution in [2.24, 2.45) is 0 Å². The van der Waals surface area contributed by atoms with Crippen molar-refractivity contribution < 1.29 is 9.59 Å². The number of aromatic nitrogens is 2. The van der Waals surface area contributed by atoms with E-state index in [0.29, 0.717) is 6.42 Å². The summed E-state index contributed by atoms with van der Waals surface area (Å²) in [5, 5.41) is 3.22. The maximum absolute atomic E-state index is 12.3. The van der Waals surface area contributed by atoms with Crippen LogP contribution in [-0.2, 0) is 16.0 Å². The predicted octanol–water partition coefficient (Wildman–Crippen LogP) is 1.00. The van der Waals surface area contributed by atoms with Gasteiger partial charge in [-0.05, 0) is 25.8 Å². The molecule has 3 rings (SSSR count). The zero-order chi connectivity index (χ0) is 14.7. The van der Waals surface area contributed by atoms with Crippen molar-refractivity contribution in [3.63, 3.8) is 0 Å². The van der Waals surface area contributed by atoms with Crippen molar-refractivity contribution in [2.45, 2.75) is 57.0 Å². The molecule has 2 amide bonds. The van der Waals surface area contributed by atoms with Crippen LogP contribution in [0.25, 0.3) is 0 Å². The monoisotopic (exact) mass is 290 g/mol. The molecule has 0 bridgehead atoms. The number of rotatable bonds is 6. The number of carbonyl (C=O) groups is 2. The van der Waals surface area contributed by atoms with E-state index in [1.165, 1.54) is 4.90 Å². The van der Waals surface area contributed by atoms with E-state index in [-0.39, 0.29) is 23.9 Å². The minimum atomic E-state index is -0.324. The molecule has 1 saturated carbocycles. The Morgan fingerprint density at radius 3 is 2.86 bits per heavy atom. The van der Waals surface area contributed by atoms with E-state index >= 15 is 0 Å². The number of hydrogen-bond donors (Lipinski definition) is 2. The SMILES string of the molecule is O=C1CC(NCCCc2ncc[nH]2)C(=O)N1C1CCCC1. The lowest BCUT2D eigenvalue weighted by molar-refractivity contribution is -0.141. The molecule has 2 N–H and O–H groups in total. The highest BCUT2D eigenvalue weighted by Gasteiger charge is 2.42. The van der Waals surface area contributed by atoms with E-state index in [0.717, 1.165) is 50.9 Å². The lowest BCUT2D eigenvalue weighted by atomic mass is 10.2. The Balaban J connectivity index is 1.45. The van der Waals surface area contributed by atoms with Crippen LogP contribution in [0.5, 0.6) is 0 Å². The Hall–Kier alpha value is -1.69. The second-order valence-electron chi connectivity index (χ2n) is 5.89. The van der Waals surface area contributed by atoms with Crippen LogP contribution in [0.4, 0.5) is 0 Å². The van der Waals surface area contributed by atoms with Gasteiger partial charge < -0.3 is 10.3 Å². The molecular formula is C15H22N4O2. The number of amides is 2. The molecule has 21 heavy (non-hydrogen) atoms. The third kappa shape index (κ3) is 3.15. The average molecular weight is 290 g/mol. The number of imidazole rings is 1. The fourth-order valence-corrected chi connectivity index (χ4v) is 3.32. The van der Waals surface area contributed by atoms with Gasteiger partial charge in [0.1, 0.15) is 5.82 Å². The van der Waals surface area contributed by atoms with Gasteiger partial charge in [0.15, 0.2) is 0 Å². The van der Waals surface area contributed by atoms with E-state index < -0.39 is 0 Å². The van der Waals surface area contributed by atoms with Crippen molar-refractivity contribution in [3.8, 4) is 0 Å². The maximum atomic E-state index is 12.3. The summed E-state index contributed by atoms with van der Waals surface area (Å²) in [5.41, 5.74) is 0. The smallest absolute Gasteiger partial charge is 0.247 e. The molecule has 0 radical (unpaired) electrons. The highest BCUT2D eigenvalue weighted by atomic mass is 16.2. The number of aryl methyl sites for hydroxylation is 1. The molecule has 1 saturated heterocycles. The van der Waals surface area contributed by atoms with E-state index in [9.17, 15) is 9.59 Å². The number of H-pyrrole nitrogens is 1. The molecule has 1 aromatic rings. The minimum absolute atomic E-state index is 0.00423. The average Bonchev–Trinajstić information content (AvgIpc) is 3.18. The van der Waals surface area contributed by atoms with Crippen molar-refractivity contribution in [3.05, 3.63) is 18.2 Å². The first-order chi connectivity index (χ1) is 10.3. The van der Waals surface area contributed by atoms with Crippen LogP contribution in [0.15, 0.2) is 12.4 Å². The maximum Gasteiger partial charge on any atom is 0.247 e. The van der Waals surface area contributed by atoms with Crippen molar-refractivity contribution >= 4 is 11.8 Å². The fourth-order valence-electron chi connectivity index (χ4n) is 3.32. The molecular weight excluding hydrogens is 268 g/mol. The number of aromatic amines is 1. The summed E-state index contributed by atoms with van der Waals surface area (Å²) in [4.78, 5) is 33.1. The highest BCUT2D eigenvalue weighted by molar-refractivity contribution is 6.05. The summed E-state index contributed by atoms with van der Waals surface area (Å²) in [6.45, 7) is 0.725. The summed E-state index contributed by atoms with van der Waals surface area (Å²) in [7, 11) is 0. The van der Waals surface area contributed by atoms with Crippen molar-refractivity contribution in [1.29, 1.82) is 0 Å². The number of imide groups is 1. The summed E-state index contributed by atoms with van der Waals surface area (Å²) >= 11 is 0. The van der Waals surface area contributed by atoms with Crippen molar-refractivity contribution in [1.82, 2.24) is 20.2 Å². The first-order valence-electron chi connectivity index (χ1n) is 7.83. The second kappa shape index (κ2) is 6.39. The molecule has 0 aromatic carbocycles. The van der Waals surface area contributed by atoms with Crippen LogP contribution in [-0.4, -0.2) is 45.3 Å². The van der Waals surface area contributed by atoms with Gasteiger partial charge in [-0.25, -0.2) is 4.98 Å². The summed E-state index contributed by atoms with van der Waals surface area (Å²) in [6, 6.07) is -0.172. The summed E-state index contributed by atoms with van der Waals surface area (Å²) in [5.74, 6) is 0.929. The summed E-state index contributed by atoms with van der Waals surface area (Å²) < 4.78 is 0. The van der Waals surface area contributed by atoms with Gasteiger partial charge >= 0.3 is 0 Å². The number of hydrogen-bond acceptors (Lipinski definition) is 4. The number of nitrogens with zero attached hydrogens (tertiary/aromatic N) is 2. The number of likely N-dealkylation sites (tertiary alicyclic amines) is 1. The first kappa shape index (κ1) is 14.3. The van der Waals surface area contributed by atoms with Gasteiger partial charge in [0.25, 0.3) is 0 Å². The van der Waals surface area contributed by atoms with Crippen LogP contribution >= 0.6 is 0 Å². The van der Waals surface area contributed by atoms with Gasteiger partial charge in [0.05, 0.1) is 12.5 Å². The molecule has 6 nitrogen and oxygen atoms in total. The second-order valence-corrected chi connectivity index (χ2v) is 5.89. The third-order valence-corrected chi connectivity index (χ3v) is 4.41. The fraction of sp³-hybridized carbons (Fsp3) is 0.667. The molecule has 6 heteroatoms.